The van der Waals surface area contributed by atoms with Crippen LogP contribution in [0.25, 0.3) is 0 Å². The average Bonchev–Trinajstić information content (AvgIpc) is 1.93. The van der Waals surface area contributed by atoms with Crippen molar-refractivity contribution in [3.05, 3.63) is 24.3 Å². The van der Waals surface area contributed by atoms with Crippen LogP contribution in [0.5, 0.6) is 0 Å². The van der Waals surface area contributed by atoms with Gasteiger partial charge in [0.1, 0.15) is 4.32 Å². The van der Waals surface area contributed by atoms with Gasteiger partial charge in [-0.1, -0.05) is 24.4 Å². The predicted molar refractivity (Wildman–Crippen MR) is 56.1 cm³/mol. The smallest absolute Gasteiger partial charge is 0.135 e. The van der Waals surface area contributed by atoms with E-state index >= 15 is 0 Å². The molecule has 0 atom stereocenters. The Morgan fingerprint density at radius 3 is 2.64 bits per heavy atom. The number of nitrogens with one attached hydrogen (secondary N) is 1. The fourth-order valence-electron chi connectivity index (χ4n) is 0.726. The standard InChI is InChI=1S/C7H8N2S2/c8-5-3-1-2-4-6(5)9-7(10)11/h1-4H,8H2,(H2,9,10,11). The third kappa shape index (κ3) is 2.40. The highest BCUT2D eigenvalue weighted by Gasteiger charge is 1.95. The molecule has 3 N–H and O–H groups in total. The van der Waals surface area contributed by atoms with Gasteiger partial charge in [0.05, 0.1) is 11.4 Å². The molecule has 0 saturated carbocycles. The van der Waals surface area contributed by atoms with Gasteiger partial charge in [-0.05, 0) is 12.1 Å². The molecule has 58 valence electrons. The van der Waals surface area contributed by atoms with Crippen LogP contribution in [0.15, 0.2) is 24.3 Å². The highest BCUT2D eigenvalue weighted by molar-refractivity contribution is 8.11. The fourth-order valence-corrected chi connectivity index (χ4v) is 0.956. The maximum Gasteiger partial charge on any atom is 0.135 e. The molecule has 0 aliphatic heterocycles. The van der Waals surface area contributed by atoms with E-state index in [9.17, 15) is 0 Å². The van der Waals surface area contributed by atoms with E-state index in [0.717, 1.165) is 5.69 Å². The summed E-state index contributed by atoms with van der Waals surface area (Å²) >= 11 is 8.66. The first-order valence-corrected chi connectivity index (χ1v) is 3.90. The molecule has 0 heterocycles. The lowest BCUT2D eigenvalue weighted by Gasteiger charge is -2.04. The average molecular weight is 184 g/mol. The van der Waals surface area contributed by atoms with Crippen molar-refractivity contribution in [1.82, 2.24) is 0 Å². The number of benzene rings is 1. The summed E-state index contributed by atoms with van der Waals surface area (Å²) in [5.74, 6) is 0. The summed E-state index contributed by atoms with van der Waals surface area (Å²) in [4.78, 5) is 0. The normalized spacial score (nSPS) is 9.18. The topological polar surface area (TPSA) is 38.0 Å². The zero-order valence-corrected chi connectivity index (χ0v) is 7.45. The summed E-state index contributed by atoms with van der Waals surface area (Å²) in [6.45, 7) is 0. The quantitative estimate of drug-likeness (QED) is 0.354. The van der Waals surface area contributed by atoms with Crippen molar-refractivity contribution in [3.8, 4) is 0 Å². The minimum Gasteiger partial charge on any atom is -0.397 e. The number of nitrogen functional groups attached to an aromatic ring is 1. The van der Waals surface area contributed by atoms with E-state index in [-0.39, 0.29) is 0 Å². The van der Waals surface area contributed by atoms with Crippen molar-refractivity contribution in [2.24, 2.45) is 0 Å². The molecule has 0 radical (unpaired) electrons. The largest absolute Gasteiger partial charge is 0.397 e. The van der Waals surface area contributed by atoms with Gasteiger partial charge >= 0.3 is 0 Å². The first-order valence-electron chi connectivity index (χ1n) is 3.04. The summed E-state index contributed by atoms with van der Waals surface area (Å²) in [5, 5.41) is 2.84. The van der Waals surface area contributed by atoms with Crippen molar-refractivity contribution in [2.75, 3.05) is 11.1 Å². The monoisotopic (exact) mass is 184 g/mol. The van der Waals surface area contributed by atoms with Crippen molar-refractivity contribution in [2.45, 2.75) is 0 Å². The van der Waals surface area contributed by atoms with Crippen molar-refractivity contribution in [3.63, 3.8) is 0 Å². The van der Waals surface area contributed by atoms with Gasteiger partial charge in [0.25, 0.3) is 0 Å². The van der Waals surface area contributed by atoms with Gasteiger partial charge in [-0.15, -0.1) is 12.6 Å². The molecule has 0 aliphatic rings. The van der Waals surface area contributed by atoms with Crippen molar-refractivity contribution >= 4 is 40.5 Å². The van der Waals surface area contributed by atoms with Gasteiger partial charge in [-0.2, -0.15) is 0 Å². The van der Waals surface area contributed by atoms with Gasteiger partial charge in [-0.25, -0.2) is 0 Å². The lowest BCUT2D eigenvalue weighted by atomic mass is 10.3. The van der Waals surface area contributed by atoms with Crippen LogP contribution in [0.2, 0.25) is 0 Å². The molecule has 2 nitrogen and oxygen atoms in total. The number of thiocarbonyl (C=S) groups is 1. The van der Waals surface area contributed by atoms with Gasteiger partial charge in [0, 0.05) is 0 Å². The van der Waals surface area contributed by atoms with E-state index in [1.807, 2.05) is 18.2 Å². The zero-order chi connectivity index (χ0) is 8.27. The number of hydrogen-bond acceptors (Lipinski definition) is 2. The first kappa shape index (κ1) is 8.36. The molecular formula is C7H8N2S2. The van der Waals surface area contributed by atoms with Crippen LogP contribution >= 0.6 is 24.8 Å². The Hall–Kier alpha value is -0.740. The van der Waals surface area contributed by atoms with E-state index in [2.05, 4.69) is 17.9 Å². The molecule has 0 bridgehead atoms. The Kier molecular flexibility index (Phi) is 2.73. The number of rotatable bonds is 1. The van der Waals surface area contributed by atoms with E-state index < -0.39 is 0 Å². The number of thiol groups is 1. The fraction of sp³-hybridized carbons (Fsp3) is 0. The van der Waals surface area contributed by atoms with E-state index in [4.69, 9.17) is 18.0 Å². The minimum absolute atomic E-state index is 0.419. The number of anilines is 2. The first-order chi connectivity index (χ1) is 5.20. The summed E-state index contributed by atoms with van der Waals surface area (Å²) in [5.41, 5.74) is 7.08. The summed E-state index contributed by atoms with van der Waals surface area (Å²) in [6, 6.07) is 7.39. The van der Waals surface area contributed by atoms with Gasteiger partial charge in [-0.3, -0.25) is 0 Å². The minimum atomic E-state index is 0.419. The van der Waals surface area contributed by atoms with Gasteiger partial charge in [0.2, 0.25) is 0 Å². The summed E-state index contributed by atoms with van der Waals surface area (Å²) in [6.07, 6.45) is 0. The Balaban J connectivity index is 2.86. The number of nitrogens with two attached hydrogens (primary N) is 1. The Bertz CT molecular complexity index is 273. The van der Waals surface area contributed by atoms with Crippen LogP contribution in [0.1, 0.15) is 0 Å². The maximum atomic E-state index is 5.61. The van der Waals surface area contributed by atoms with Crippen LogP contribution in [-0.4, -0.2) is 4.32 Å². The SMILES string of the molecule is Nc1ccccc1NC(=S)S. The third-order valence-electron chi connectivity index (χ3n) is 1.20. The Labute approximate surface area is 76.2 Å². The number of para-hydroxylation sites is 2. The molecule has 0 aliphatic carbocycles. The second-order valence-corrected chi connectivity index (χ2v) is 3.18. The molecule has 1 aromatic rings. The van der Waals surface area contributed by atoms with Crippen LogP contribution in [0.4, 0.5) is 11.4 Å². The van der Waals surface area contributed by atoms with Gasteiger partial charge < -0.3 is 11.1 Å². The molecule has 11 heavy (non-hydrogen) atoms. The molecule has 0 spiro atoms. The van der Waals surface area contributed by atoms with Crippen molar-refractivity contribution < 1.29 is 0 Å². The molecule has 0 fully saturated rings. The summed E-state index contributed by atoms with van der Waals surface area (Å²) in [7, 11) is 0. The van der Waals surface area contributed by atoms with Crippen LogP contribution in [-0.2, 0) is 0 Å². The Morgan fingerprint density at radius 1 is 1.45 bits per heavy atom. The molecular weight excluding hydrogens is 176 g/mol. The highest BCUT2D eigenvalue weighted by Crippen LogP contribution is 2.16. The van der Waals surface area contributed by atoms with Crippen LogP contribution in [0, 0.1) is 0 Å². The second-order valence-electron chi connectivity index (χ2n) is 2.02. The predicted octanol–water partition coefficient (Wildman–Crippen LogP) is 1.90. The highest BCUT2D eigenvalue weighted by atomic mass is 32.1. The lowest BCUT2D eigenvalue weighted by Crippen LogP contribution is -2.03. The number of hydrogen-bond donors (Lipinski definition) is 3. The molecule has 0 unspecified atom stereocenters. The Morgan fingerprint density at radius 2 is 2.09 bits per heavy atom. The van der Waals surface area contributed by atoms with E-state index in [1.54, 1.807) is 6.07 Å². The molecule has 4 heteroatoms. The van der Waals surface area contributed by atoms with E-state index in [1.165, 1.54) is 0 Å². The molecule has 0 aromatic heterocycles. The lowest BCUT2D eigenvalue weighted by molar-refractivity contribution is 1.65. The molecule has 1 rings (SSSR count). The maximum absolute atomic E-state index is 5.61. The zero-order valence-electron chi connectivity index (χ0n) is 5.74. The van der Waals surface area contributed by atoms with E-state index in [0.29, 0.717) is 10.0 Å². The second kappa shape index (κ2) is 3.59. The van der Waals surface area contributed by atoms with Crippen LogP contribution in [0.3, 0.4) is 0 Å². The molecule has 1 aromatic carbocycles. The summed E-state index contributed by atoms with van der Waals surface area (Å²) < 4.78 is 0.419. The van der Waals surface area contributed by atoms with Crippen molar-refractivity contribution in [1.29, 1.82) is 0 Å². The molecule has 0 amide bonds. The van der Waals surface area contributed by atoms with Gasteiger partial charge in [0.15, 0.2) is 0 Å². The molecule has 0 saturated heterocycles. The third-order valence-corrected chi connectivity index (χ3v) is 1.42. The van der Waals surface area contributed by atoms with Crippen LogP contribution < -0.4 is 11.1 Å².